The molecule has 3 heterocycles. The molecule has 0 bridgehead atoms. The van der Waals surface area contributed by atoms with Gasteiger partial charge in [-0.2, -0.15) is 13.5 Å². The minimum atomic E-state index is -0.239. The average molecular weight is 442 g/mol. The Bertz CT molecular complexity index is 1030. The van der Waals surface area contributed by atoms with Crippen LogP contribution in [0, 0.1) is 0 Å². The molecule has 1 atom stereocenters. The Morgan fingerprint density at radius 2 is 2.03 bits per heavy atom. The number of hydrogen-bond donors (Lipinski definition) is 1. The van der Waals surface area contributed by atoms with Crippen LogP contribution in [-0.4, -0.2) is 65.3 Å². The van der Waals surface area contributed by atoms with E-state index in [1.54, 1.807) is 24.3 Å². The van der Waals surface area contributed by atoms with Crippen LogP contribution in [0.15, 0.2) is 42.7 Å². The smallest absolute Gasteiger partial charge is 0.317 e. The molecule has 1 aliphatic rings. The third-order valence-electron chi connectivity index (χ3n) is 5.13. The van der Waals surface area contributed by atoms with Gasteiger partial charge < -0.3 is 19.7 Å². The number of nitrogens with one attached hydrogen (secondary N) is 1. The fraction of sp³-hybridized carbons (Fsp3) is 0.364. The van der Waals surface area contributed by atoms with Gasteiger partial charge in [-0.15, -0.1) is 0 Å². The largest absolute Gasteiger partial charge is 0.473 e. The molecule has 3 aromatic rings. The van der Waals surface area contributed by atoms with Crippen LogP contribution in [0.25, 0.3) is 22.3 Å². The number of urea groups is 1. The van der Waals surface area contributed by atoms with Gasteiger partial charge in [0.25, 0.3) is 0 Å². The summed E-state index contributed by atoms with van der Waals surface area (Å²) in [6.07, 6.45) is 4.02. The molecule has 31 heavy (non-hydrogen) atoms. The molecule has 1 aromatic carbocycles. The number of carbonyl (C=O) groups excluding carboxylic acids is 1. The summed E-state index contributed by atoms with van der Waals surface area (Å²) in [6.45, 7) is 3.89. The number of hydrogen-bond acceptors (Lipinski definition) is 6. The molecule has 2 amide bonds. The van der Waals surface area contributed by atoms with Crippen LogP contribution in [-0.2, 0) is 11.2 Å². The van der Waals surface area contributed by atoms with Crippen molar-refractivity contribution in [2.45, 2.75) is 19.4 Å². The number of carbonyl (C=O) groups is 1. The van der Waals surface area contributed by atoms with E-state index >= 15 is 0 Å². The minimum absolute atomic E-state index is 0. The second-order valence-electron chi connectivity index (χ2n) is 7.09. The van der Waals surface area contributed by atoms with Gasteiger partial charge in [-0.1, -0.05) is 31.2 Å². The number of morpholine rings is 1. The number of aromatic nitrogens is 3. The molecule has 0 saturated carbocycles. The first kappa shape index (κ1) is 22.8. The lowest BCUT2D eigenvalue weighted by atomic mass is 10.1. The number of amides is 2. The summed E-state index contributed by atoms with van der Waals surface area (Å²) < 4.78 is 11.8. The molecule has 1 N–H and O–H groups in total. The Labute approximate surface area is 188 Å². The Kier molecular flexibility index (Phi) is 7.64. The number of rotatable bonds is 5. The molecular weight excluding hydrogens is 414 g/mol. The van der Waals surface area contributed by atoms with E-state index in [0.717, 1.165) is 17.7 Å². The molecule has 0 radical (unpaired) electrons. The van der Waals surface area contributed by atoms with Crippen molar-refractivity contribution in [2.75, 3.05) is 33.4 Å². The highest BCUT2D eigenvalue weighted by molar-refractivity contribution is 7.59. The fourth-order valence-electron chi connectivity index (χ4n) is 3.44. The maximum atomic E-state index is 11.9. The molecular formula is C22H27N5O3S. The van der Waals surface area contributed by atoms with E-state index < -0.39 is 0 Å². The highest BCUT2D eigenvalue weighted by Gasteiger charge is 2.24. The normalized spacial score (nSPS) is 15.9. The van der Waals surface area contributed by atoms with E-state index in [1.807, 2.05) is 6.07 Å². The molecule has 2 aromatic heterocycles. The number of benzene rings is 1. The van der Waals surface area contributed by atoms with E-state index in [9.17, 15) is 4.79 Å². The lowest BCUT2D eigenvalue weighted by molar-refractivity contribution is -0.0354. The van der Waals surface area contributed by atoms with Gasteiger partial charge in [-0.25, -0.2) is 14.8 Å². The van der Waals surface area contributed by atoms with Crippen LogP contribution in [0.3, 0.4) is 0 Å². The van der Waals surface area contributed by atoms with Crippen molar-refractivity contribution < 1.29 is 14.3 Å². The second kappa shape index (κ2) is 10.4. The van der Waals surface area contributed by atoms with Gasteiger partial charge in [0.2, 0.25) is 5.88 Å². The van der Waals surface area contributed by atoms with Crippen molar-refractivity contribution >= 4 is 30.6 Å². The number of pyridine rings is 1. The molecule has 0 spiro atoms. The van der Waals surface area contributed by atoms with Crippen molar-refractivity contribution in [3.63, 3.8) is 0 Å². The van der Waals surface area contributed by atoms with Crippen LogP contribution >= 0.6 is 13.5 Å². The molecule has 8 nitrogen and oxygen atoms in total. The molecule has 1 aliphatic heterocycles. The molecule has 0 aliphatic carbocycles. The van der Waals surface area contributed by atoms with Crippen molar-refractivity contribution in [2.24, 2.45) is 0 Å². The Morgan fingerprint density at radius 3 is 2.77 bits per heavy atom. The molecule has 4 rings (SSSR count). The van der Waals surface area contributed by atoms with Gasteiger partial charge in [0.05, 0.1) is 24.4 Å². The van der Waals surface area contributed by atoms with Gasteiger partial charge in [0.1, 0.15) is 12.7 Å². The summed E-state index contributed by atoms with van der Waals surface area (Å²) >= 11 is 0. The molecule has 0 unspecified atom stereocenters. The highest BCUT2D eigenvalue weighted by atomic mass is 32.1. The third-order valence-corrected chi connectivity index (χ3v) is 5.13. The van der Waals surface area contributed by atoms with Crippen molar-refractivity contribution in [3.8, 4) is 17.1 Å². The summed E-state index contributed by atoms with van der Waals surface area (Å²) in [7, 11) is 1.62. The van der Waals surface area contributed by atoms with Crippen LogP contribution in [0.4, 0.5) is 4.79 Å². The summed E-state index contributed by atoms with van der Waals surface area (Å²) in [5, 5.41) is 2.65. The summed E-state index contributed by atoms with van der Waals surface area (Å²) in [6, 6.07) is 10.1. The van der Waals surface area contributed by atoms with Crippen molar-refractivity contribution in [1.29, 1.82) is 0 Å². The van der Waals surface area contributed by atoms with Crippen LogP contribution in [0.5, 0.6) is 5.88 Å². The van der Waals surface area contributed by atoms with E-state index in [4.69, 9.17) is 14.5 Å². The predicted molar refractivity (Wildman–Crippen MR) is 124 cm³/mol. The number of aryl methyl sites for hydroxylation is 1. The topological polar surface area (TPSA) is 89.5 Å². The Morgan fingerprint density at radius 1 is 1.26 bits per heavy atom. The van der Waals surface area contributed by atoms with E-state index in [-0.39, 0.29) is 32.2 Å². The lowest BCUT2D eigenvalue weighted by Gasteiger charge is -2.32. The third kappa shape index (κ3) is 5.23. The number of ether oxygens (including phenoxy) is 2. The standard InChI is InChI=1S/C22H25N5O3.H2S/c1-3-15-4-6-16(7-5-15)18-12-19-20(25-9-8-24-19)21(26-18)30-14-17-13-27(10-11-29-17)22(28)23-2;/h4-9,12,17H,3,10-11,13-14H2,1-2H3,(H,23,28);1H2/t17-;/m0./s1. The Hall–Kier alpha value is -2.91. The average Bonchev–Trinajstić information content (AvgIpc) is 2.82. The van der Waals surface area contributed by atoms with E-state index in [1.165, 1.54) is 5.56 Å². The zero-order valence-corrected chi connectivity index (χ0v) is 18.7. The van der Waals surface area contributed by atoms with Gasteiger partial charge in [-0.3, -0.25) is 4.98 Å². The fourth-order valence-corrected chi connectivity index (χ4v) is 3.44. The first-order valence-corrected chi connectivity index (χ1v) is 10.1. The van der Waals surface area contributed by atoms with Gasteiger partial charge in [0, 0.05) is 31.5 Å². The summed E-state index contributed by atoms with van der Waals surface area (Å²) in [5.41, 5.74) is 4.35. The van der Waals surface area contributed by atoms with E-state index in [2.05, 4.69) is 46.5 Å². The van der Waals surface area contributed by atoms with Gasteiger partial charge >= 0.3 is 6.03 Å². The number of nitrogens with zero attached hydrogens (tertiary/aromatic N) is 4. The van der Waals surface area contributed by atoms with Crippen molar-refractivity contribution in [3.05, 3.63) is 48.3 Å². The first-order chi connectivity index (χ1) is 14.7. The van der Waals surface area contributed by atoms with Crippen LogP contribution in [0.1, 0.15) is 12.5 Å². The maximum Gasteiger partial charge on any atom is 0.317 e. The maximum absolute atomic E-state index is 11.9. The van der Waals surface area contributed by atoms with Gasteiger partial charge in [-0.05, 0) is 18.1 Å². The lowest BCUT2D eigenvalue weighted by Crippen LogP contribution is -2.50. The quantitative estimate of drug-likeness (QED) is 0.655. The highest BCUT2D eigenvalue weighted by Crippen LogP contribution is 2.27. The first-order valence-electron chi connectivity index (χ1n) is 10.1. The summed E-state index contributed by atoms with van der Waals surface area (Å²) in [4.78, 5) is 27.1. The summed E-state index contributed by atoms with van der Waals surface area (Å²) in [5.74, 6) is 0.413. The zero-order chi connectivity index (χ0) is 20.9. The minimum Gasteiger partial charge on any atom is -0.473 e. The van der Waals surface area contributed by atoms with Gasteiger partial charge in [0.15, 0.2) is 5.52 Å². The second-order valence-corrected chi connectivity index (χ2v) is 7.09. The number of fused-ring (bicyclic) bond motifs is 1. The molecule has 9 heteroatoms. The van der Waals surface area contributed by atoms with E-state index in [0.29, 0.717) is 36.6 Å². The SMILES string of the molecule is CCc1ccc(-c2cc3nccnc3c(OC[C@@H]3CN(C(=O)NC)CCO3)n2)cc1.S. The Balaban J connectivity index is 0.00000272. The molecule has 1 saturated heterocycles. The predicted octanol–water partition coefficient (Wildman–Crippen LogP) is 2.79. The van der Waals surface area contributed by atoms with Crippen LogP contribution < -0.4 is 10.1 Å². The van der Waals surface area contributed by atoms with Crippen molar-refractivity contribution in [1.82, 2.24) is 25.2 Å². The van der Waals surface area contributed by atoms with Crippen LogP contribution in [0.2, 0.25) is 0 Å². The monoisotopic (exact) mass is 441 g/mol. The zero-order valence-electron chi connectivity index (χ0n) is 17.7. The molecule has 1 fully saturated rings. The molecule has 164 valence electrons.